The van der Waals surface area contributed by atoms with E-state index in [-0.39, 0.29) is 5.91 Å². The van der Waals surface area contributed by atoms with E-state index >= 15 is 0 Å². The molecule has 3 nitrogen and oxygen atoms in total. The summed E-state index contributed by atoms with van der Waals surface area (Å²) in [6.07, 6.45) is 1.60. The van der Waals surface area contributed by atoms with Gasteiger partial charge in [-0.2, -0.15) is 0 Å². The highest BCUT2D eigenvalue weighted by molar-refractivity contribution is 7.83. The number of nitrogens with one attached hydrogen (secondary N) is 1. The molecule has 0 unspecified atom stereocenters. The minimum atomic E-state index is -1.01. The van der Waals surface area contributed by atoms with Gasteiger partial charge in [-0.15, -0.1) is 0 Å². The Morgan fingerprint density at radius 1 is 1.14 bits per heavy atom. The lowest BCUT2D eigenvalue weighted by Gasteiger charge is -2.09. The standard InChI is InChI=1S/C15H13Cl2NO2S/c1-21(20)9-10-8-11(6-7-13(10)16)18-15(19)12-4-2-3-5-14(12)17/h2-8H,9H2,1H3,(H,18,19)/t21-/m0/s1. The van der Waals surface area contributed by atoms with Gasteiger partial charge in [-0.1, -0.05) is 35.3 Å². The van der Waals surface area contributed by atoms with Crippen LogP contribution in [0.3, 0.4) is 0 Å². The van der Waals surface area contributed by atoms with Crippen LogP contribution < -0.4 is 5.32 Å². The smallest absolute Gasteiger partial charge is 0.257 e. The van der Waals surface area contributed by atoms with Crippen molar-refractivity contribution in [1.82, 2.24) is 0 Å². The van der Waals surface area contributed by atoms with Crippen molar-refractivity contribution in [2.45, 2.75) is 5.75 Å². The van der Waals surface area contributed by atoms with E-state index in [1.54, 1.807) is 48.7 Å². The Hall–Kier alpha value is -1.36. The number of hydrogen-bond acceptors (Lipinski definition) is 2. The van der Waals surface area contributed by atoms with Crippen LogP contribution in [0.5, 0.6) is 0 Å². The molecule has 110 valence electrons. The van der Waals surface area contributed by atoms with Crippen molar-refractivity contribution in [3.05, 3.63) is 63.6 Å². The fourth-order valence-electron chi connectivity index (χ4n) is 1.83. The highest BCUT2D eigenvalue weighted by Crippen LogP contribution is 2.23. The minimum absolute atomic E-state index is 0.300. The van der Waals surface area contributed by atoms with Gasteiger partial charge in [0.15, 0.2) is 0 Å². The number of rotatable bonds is 4. The molecule has 0 saturated heterocycles. The molecule has 1 N–H and O–H groups in total. The van der Waals surface area contributed by atoms with Crippen LogP contribution >= 0.6 is 23.2 Å². The second-order valence-corrected chi connectivity index (χ2v) is 6.71. The van der Waals surface area contributed by atoms with Crippen molar-refractivity contribution in [3.63, 3.8) is 0 Å². The molecule has 0 fully saturated rings. The molecule has 0 radical (unpaired) electrons. The largest absolute Gasteiger partial charge is 0.322 e. The Kier molecular flexibility index (Phi) is 5.39. The Bertz CT molecular complexity index is 704. The van der Waals surface area contributed by atoms with Crippen molar-refractivity contribution in [2.24, 2.45) is 0 Å². The van der Waals surface area contributed by atoms with Crippen LogP contribution in [-0.2, 0) is 16.6 Å². The van der Waals surface area contributed by atoms with Crippen LogP contribution in [0.25, 0.3) is 0 Å². The lowest BCUT2D eigenvalue weighted by molar-refractivity contribution is 0.102. The van der Waals surface area contributed by atoms with Gasteiger partial charge in [0.25, 0.3) is 5.91 Å². The summed E-state index contributed by atoms with van der Waals surface area (Å²) in [6.45, 7) is 0. The summed E-state index contributed by atoms with van der Waals surface area (Å²) in [6, 6.07) is 11.9. The van der Waals surface area contributed by atoms with Crippen molar-refractivity contribution < 1.29 is 9.00 Å². The summed E-state index contributed by atoms with van der Waals surface area (Å²) < 4.78 is 11.3. The summed E-state index contributed by atoms with van der Waals surface area (Å²) in [5, 5.41) is 3.68. The highest BCUT2D eigenvalue weighted by atomic mass is 35.5. The van der Waals surface area contributed by atoms with Gasteiger partial charge in [0, 0.05) is 33.5 Å². The lowest BCUT2D eigenvalue weighted by Crippen LogP contribution is -2.12. The third-order valence-electron chi connectivity index (χ3n) is 2.78. The zero-order chi connectivity index (χ0) is 15.4. The number of amides is 1. The van der Waals surface area contributed by atoms with Crippen molar-refractivity contribution in [2.75, 3.05) is 11.6 Å². The topological polar surface area (TPSA) is 46.2 Å². The minimum Gasteiger partial charge on any atom is -0.322 e. The molecule has 0 saturated carbocycles. The van der Waals surface area contributed by atoms with Gasteiger partial charge < -0.3 is 5.32 Å². The van der Waals surface area contributed by atoms with E-state index in [1.807, 2.05) is 0 Å². The maximum atomic E-state index is 12.2. The van der Waals surface area contributed by atoms with Crippen LogP contribution in [0.15, 0.2) is 42.5 Å². The number of halogens is 2. The molecule has 0 bridgehead atoms. The van der Waals surface area contributed by atoms with Gasteiger partial charge in [0.2, 0.25) is 0 Å². The molecule has 1 amide bonds. The second kappa shape index (κ2) is 7.07. The number of anilines is 1. The third kappa shape index (κ3) is 4.30. The molecule has 2 rings (SSSR count). The average molecular weight is 342 g/mol. The first-order valence-electron chi connectivity index (χ1n) is 6.11. The molecule has 0 heterocycles. The summed E-state index contributed by atoms with van der Waals surface area (Å²) in [4.78, 5) is 12.2. The van der Waals surface area contributed by atoms with E-state index in [1.165, 1.54) is 0 Å². The highest BCUT2D eigenvalue weighted by Gasteiger charge is 2.11. The van der Waals surface area contributed by atoms with Gasteiger partial charge >= 0.3 is 0 Å². The van der Waals surface area contributed by atoms with E-state index in [4.69, 9.17) is 23.2 Å². The van der Waals surface area contributed by atoms with E-state index in [0.29, 0.717) is 27.0 Å². The quantitative estimate of drug-likeness (QED) is 0.908. The average Bonchev–Trinajstić information content (AvgIpc) is 2.42. The SMILES string of the molecule is C[S@](=O)Cc1cc(NC(=O)c2ccccc2Cl)ccc1Cl. The van der Waals surface area contributed by atoms with Gasteiger partial charge in [-0.05, 0) is 35.9 Å². The van der Waals surface area contributed by atoms with Crippen LogP contribution in [-0.4, -0.2) is 16.4 Å². The predicted molar refractivity (Wildman–Crippen MR) is 88.6 cm³/mol. The first-order valence-corrected chi connectivity index (χ1v) is 8.60. The molecular weight excluding hydrogens is 329 g/mol. The third-order valence-corrected chi connectivity index (χ3v) is 4.20. The van der Waals surface area contributed by atoms with Crippen LogP contribution in [0.2, 0.25) is 10.0 Å². The molecule has 6 heteroatoms. The number of carbonyl (C=O) groups is 1. The maximum absolute atomic E-state index is 12.2. The summed E-state index contributed by atoms with van der Waals surface area (Å²) in [5.74, 6) is 0.0424. The van der Waals surface area contributed by atoms with Crippen molar-refractivity contribution >= 4 is 45.6 Å². The fraction of sp³-hybridized carbons (Fsp3) is 0.133. The van der Waals surface area contributed by atoms with Gasteiger partial charge in [0.05, 0.1) is 10.6 Å². The first-order chi connectivity index (χ1) is 9.97. The van der Waals surface area contributed by atoms with E-state index < -0.39 is 10.8 Å². The molecule has 1 atom stereocenters. The molecular formula is C15H13Cl2NO2S. The Labute approximate surface area is 135 Å². The number of benzene rings is 2. The zero-order valence-electron chi connectivity index (χ0n) is 11.2. The summed E-state index contributed by atoms with van der Waals surface area (Å²) in [5.41, 5.74) is 1.72. The number of carbonyl (C=O) groups excluding carboxylic acids is 1. The van der Waals surface area contributed by atoms with Crippen molar-refractivity contribution in [1.29, 1.82) is 0 Å². The lowest BCUT2D eigenvalue weighted by atomic mass is 10.2. The monoisotopic (exact) mass is 341 g/mol. The fourth-order valence-corrected chi connectivity index (χ4v) is 2.99. The molecule has 2 aromatic carbocycles. The summed E-state index contributed by atoms with van der Waals surface area (Å²) >= 11 is 12.0. The Balaban J connectivity index is 2.22. The van der Waals surface area contributed by atoms with Crippen molar-refractivity contribution in [3.8, 4) is 0 Å². The maximum Gasteiger partial charge on any atom is 0.257 e. The molecule has 2 aromatic rings. The van der Waals surface area contributed by atoms with E-state index in [0.717, 1.165) is 5.56 Å². The van der Waals surface area contributed by atoms with Crippen LogP contribution in [0, 0.1) is 0 Å². The molecule has 0 spiro atoms. The molecule has 0 aliphatic carbocycles. The Morgan fingerprint density at radius 3 is 2.52 bits per heavy atom. The Morgan fingerprint density at radius 2 is 1.86 bits per heavy atom. The molecule has 21 heavy (non-hydrogen) atoms. The van der Waals surface area contributed by atoms with Crippen LogP contribution in [0.1, 0.15) is 15.9 Å². The zero-order valence-corrected chi connectivity index (χ0v) is 13.6. The van der Waals surface area contributed by atoms with Gasteiger partial charge in [-0.3, -0.25) is 9.00 Å². The first kappa shape index (κ1) is 16.0. The molecule has 0 aliphatic heterocycles. The van der Waals surface area contributed by atoms with Gasteiger partial charge in [0.1, 0.15) is 0 Å². The molecule has 0 aliphatic rings. The molecule has 0 aromatic heterocycles. The number of hydrogen-bond donors (Lipinski definition) is 1. The van der Waals surface area contributed by atoms with Gasteiger partial charge in [-0.25, -0.2) is 0 Å². The van der Waals surface area contributed by atoms with E-state index in [9.17, 15) is 9.00 Å². The predicted octanol–water partition coefficient (Wildman–Crippen LogP) is 4.12. The summed E-state index contributed by atoms with van der Waals surface area (Å²) in [7, 11) is -1.01. The van der Waals surface area contributed by atoms with Crippen LogP contribution in [0.4, 0.5) is 5.69 Å². The second-order valence-electron chi connectivity index (χ2n) is 4.46. The normalized spacial score (nSPS) is 12.0. The van der Waals surface area contributed by atoms with E-state index in [2.05, 4.69) is 5.32 Å².